The smallest absolute Gasteiger partial charge is 0.258 e. The Morgan fingerprint density at radius 2 is 1.75 bits per heavy atom. The van der Waals surface area contributed by atoms with Crippen LogP contribution in [0.2, 0.25) is 0 Å². The molecule has 1 heterocycles. The number of rotatable bonds is 2. The molecule has 0 unspecified atom stereocenters. The number of phenolic OH excluding ortho intramolecular Hbond substituents is 2. The molecule has 0 radical (unpaired) electrons. The zero-order chi connectivity index (χ0) is 16.8. The summed E-state index contributed by atoms with van der Waals surface area (Å²) >= 11 is 0. The molecule has 0 aromatic heterocycles. The lowest BCUT2D eigenvalue weighted by Gasteiger charge is -2.26. The molecule has 24 heavy (non-hydrogen) atoms. The molecule has 3 aromatic carbocycles. The van der Waals surface area contributed by atoms with E-state index in [1.165, 1.54) is 6.07 Å². The molecule has 1 aliphatic heterocycles. The predicted molar refractivity (Wildman–Crippen MR) is 92.0 cm³/mol. The van der Waals surface area contributed by atoms with Crippen LogP contribution in [0.5, 0.6) is 11.5 Å². The molecule has 3 aromatic rings. The van der Waals surface area contributed by atoms with Crippen molar-refractivity contribution in [1.29, 1.82) is 0 Å². The van der Waals surface area contributed by atoms with E-state index in [2.05, 4.69) is 18.2 Å². The van der Waals surface area contributed by atoms with Gasteiger partial charge >= 0.3 is 0 Å². The van der Waals surface area contributed by atoms with E-state index in [9.17, 15) is 15.0 Å². The van der Waals surface area contributed by atoms with Gasteiger partial charge in [0.15, 0.2) is 11.5 Å². The van der Waals surface area contributed by atoms with Crippen molar-refractivity contribution in [3.05, 3.63) is 71.3 Å². The number of amides is 1. The van der Waals surface area contributed by atoms with Crippen LogP contribution in [-0.2, 0) is 6.54 Å². The Morgan fingerprint density at radius 3 is 2.58 bits per heavy atom. The minimum Gasteiger partial charge on any atom is -0.504 e. The molecule has 0 aliphatic carbocycles. The second kappa shape index (κ2) is 5.27. The van der Waals surface area contributed by atoms with E-state index in [1.54, 1.807) is 11.0 Å². The number of carbonyl (C=O) groups is 1. The average molecular weight is 319 g/mol. The largest absolute Gasteiger partial charge is 0.504 e. The van der Waals surface area contributed by atoms with Gasteiger partial charge in [-0.1, -0.05) is 48.5 Å². The van der Waals surface area contributed by atoms with Crippen molar-refractivity contribution in [1.82, 2.24) is 4.90 Å². The van der Waals surface area contributed by atoms with E-state index < -0.39 is 0 Å². The lowest BCUT2D eigenvalue weighted by Crippen LogP contribution is -2.27. The summed E-state index contributed by atoms with van der Waals surface area (Å²) in [5.41, 5.74) is 2.02. The Bertz CT molecular complexity index is 959. The van der Waals surface area contributed by atoms with Gasteiger partial charge in [0.1, 0.15) is 0 Å². The highest BCUT2D eigenvalue weighted by Gasteiger charge is 2.35. The molecule has 2 N–H and O–H groups in total. The highest BCUT2D eigenvalue weighted by atomic mass is 16.3. The second-order valence-corrected chi connectivity index (χ2v) is 6.14. The van der Waals surface area contributed by atoms with Gasteiger partial charge in [-0.2, -0.15) is 0 Å². The van der Waals surface area contributed by atoms with E-state index >= 15 is 0 Å². The van der Waals surface area contributed by atoms with Gasteiger partial charge < -0.3 is 15.1 Å². The summed E-state index contributed by atoms with van der Waals surface area (Å²) in [7, 11) is 0. The first-order valence-electron chi connectivity index (χ1n) is 7.90. The van der Waals surface area contributed by atoms with Gasteiger partial charge in [-0.05, 0) is 34.9 Å². The Kier molecular flexibility index (Phi) is 3.20. The molecule has 0 spiro atoms. The summed E-state index contributed by atoms with van der Waals surface area (Å²) < 4.78 is 0. The fraction of sp³-hybridized carbons (Fsp3) is 0.150. The van der Waals surface area contributed by atoms with E-state index in [0.29, 0.717) is 6.54 Å². The van der Waals surface area contributed by atoms with Crippen molar-refractivity contribution >= 4 is 16.7 Å². The average Bonchev–Trinajstić information content (AvgIpc) is 2.94. The first-order valence-corrected chi connectivity index (χ1v) is 7.90. The normalized spacial score (nSPS) is 14.9. The lowest BCUT2D eigenvalue weighted by molar-refractivity contribution is 0.0714. The minimum atomic E-state index is -0.329. The first-order chi connectivity index (χ1) is 11.6. The van der Waals surface area contributed by atoms with Crippen LogP contribution in [0.1, 0.15) is 34.5 Å². The van der Waals surface area contributed by atoms with E-state index in [1.807, 2.05) is 31.2 Å². The minimum absolute atomic E-state index is 0.141. The van der Waals surface area contributed by atoms with E-state index in [4.69, 9.17) is 0 Å². The zero-order valence-electron chi connectivity index (χ0n) is 13.2. The molecule has 0 saturated carbocycles. The predicted octanol–water partition coefficient (Wildman–Crippen LogP) is 3.97. The fourth-order valence-electron chi connectivity index (χ4n) is 3.49. The van der Waals surface area contributed by atoms with Crippen LogP contribution in [0.15, 0.2) is 54.6 Å². The third-order valence-corrected chi connectivity index (χ3v) is 4.80. The standard InChI is InChI=1S/C20H17NO3/c1-12(15-8-4-6-13-5-2-3-7-16(13)15)21-11-14-9-10-17(22)19(23)18(14)20(21)24/h2-10,12,22-23H,11H2,1H3/t12-/m0/s1. The maximum absolute atomic E-state index is 12.8. The molecule has 4 rings (SSSR count). The van der Waals surface area contributed by atoms with Crippen molar-refractivity contribution in [2.24, 2.45) is 0 Å². The summed E-state index contributed by atoms with van der Waals surface area (Å²) in [5.74, 6) is -0.842. The van der Waals surface area contributed by atoms with Crippen LogP contribution < -0.4 is 0 Å². The Hall–Kier alpha value is -3.01. The molecular weight excluding hydrogens is 302 g/mol. The van der Waals surface area contributed by atoms with Crippen LogP contribution in [-0.4, -0.2) is 21.0 Å². The lowest BCUT2D eigenvalue weighted by atomic mass is 9.99. The summed E-state index contributed by atoms with van der Waals surface area (Å²) in [6, 6.07) is 17.1. The molecule has 1 aliphatic rings. The van der Waals surface area contributed by atoms with Crippen LogP contribution >= 0.6 is 0 Å². The van der Waals surface area contributed by atoms with Gasteiger partial charge in [0.25, 0.3) is 5.91 Å². The summed E-state index contributed by atoms with van der Waals surface area (Å²) in [6.07, 6.45) is 0. The summed E-state index contributed by atoms with van der Waals surface area (Å²) in [5, 5.41) is 21.9. The van der Waals surface area contributed by atoms with E-state index in [-0.39, 0.29) is 29.0 Å². The van der Waals surface area contributed by atoms with Gasteiger partial charge in [0.05, 0.1) is 11.6 Å². The van der Waals surface area contributed by atoms with Crippen LogP contribution in [0.3, 0.4) is 0 Å². The van der Waals surface area contributed by atoms with Gasteiger partial charge in [-0.15, -0.1) is 0 Å². The van der Waals surface area contributed by atoms with Crippen molar-refractivity contribution < 1.29 is 15.0 Å². The number of nitrogens with zero attached hydrogens (tertiary/aromatic N) is 1. The second-order valence-electron chi connectivity index (χ2n) is 6.14. The SMILES string of the molecule is C[C@@H](c1cccc2ccccc12)N1Cc2ccc(O)c(O)c2C1=O. The van der Waals surface area contributed by atoms with Crippen LogP contribution in [0, 0.1) is 0 Å². The third-order valence-electron chi connectivity index (χ3n) is 4.80. The fourth-order valence-corrected chi connectivity index (χ4v) is 3.49. The van der Waals surface area contributed by atoms with Crippen molar-refractivity contribution in [2.75, 3.05) is 0 Å². The summed E-state index contributed by atoms with van der Waals surface area (Å²) in [6.45, 7) is 2.41. The maximum Gasteiger partial charge on any atom is 0.258 e. The molecule has 4 heteroatoms. The van der Waals surface area contributed by atoms with Gasteiger partial charge in [0.2, 0.25) is 0 Å². The number of fused-ring (bicyclic) bond motifs is 2. The molecule has 4 nitrogen and oxygen atoms in total. The van der Waals surface area contributed by atoms with Crippen molar-refractivity contribution in [3.63, 3.8) is 0 Å². The number of phenols is 2. The molecule has 1 amide bonds. The topological polar surface area (TPSA) is 60.8 Å². The molecule has 120 valence electrons. The molecular formula is C20H17NO3. The maximum atomic E-state index is 12.8. The molecule has 1 atom stereocenters. The quantitative estimate of drug-likeness (QED) is 0.703. The Balaban J connectivity index is 1.77. The zero-order valence-corrected chi connectivity index (χ0v) is 13.2. The number of hydrogen-bond donors (Lipinski definition) is 2. The van der Waals surface area contributed by atoms with Crippen molar-refractivity contribution in [2.45, 2.75) is 19.5 Å². The summed E-state index contributed by atoms with van der Waals surface area (Å²) in [4.78, 5) is 14.5. The van der Waals surface area contributed by atoms with Gasteiger partial charge in [-0.25, -0.2) is 0 Å². The van der Waals surface area contributed by atoms with E-state index in [0.717, 1.165) is 21.9 Å². The highest BCUT2D eigenvalue weighted by molar-refractivity contribution is 6.02. The number of benzene rings is 3. The van der Waals surface area contributed by atoms with Crippen LogP contribution in [0.4, 0.5) is 0 Å². The Morgan fingerprint density at radius 1 is 1.00 bits per heavy atom. The number of carbonyl (C=O) groups excluding carboxylic acids is 1. The van der Waals surface area contributed by atoms with Gasteiger partial charge in [0, 0.05) is 6.54 Å². The number of hydrogen-bond acceptors (Lipinski definition) is 3. The molecule has 0 saturated heterocycles. The molecule has 0 fully saturated rings. The number of aromatic hydroxyl groups is 2. The third kappa shape index (κ3) is 2.03. The molecule has 0 bridgehead atoms. The van der Waals surface area contributed by atoms with Crippen molar-refractivity contribution in [3.8, 4) is 11.5 Å². The highest BCUT2D eigenvalue weighted by Crippen LogP contribution is 2.40. The van der Waals surface area contributed by atoms with Crippen LogP contribution in [0.25, 0.3) is 10.8 Å². The first kappa shape index (κ1) is 14.6. The van der Waals surface area contributed by atoms with Gasteiger partial charge in [-0.3, -0.25) is 4.79 Å². The monoisotopic (exact) mass is 319 g/mol. The Labute approximate surface area is 139 Å².